The van der Waals surface area contributed by atoms with Crippen LogP contribution in [0.5, 0.6) is 0 Å². The highest BCUT2D eigenvalue weighted by molar-refractivity contribution is 5.68. The Morgan fingerprint density at radius 1 is 1.21 bits per heavy atom. The molecule has 1 atom stereocenters. The largest absolute Gasteiger partial charge is 0.372 e. The summed E-state index contributed by atoms with van der Waals surface area (Å²) < 4.78 is 5.83. The second kappa shape index (κ2) is 5.51. The standard InChI is InChI=1S/C16H18N2O/c17-11-16-15-4-1-3-13(12-6-8-18-9-7-12)14(15)5-2-10-19-16/h1,3-4,6-9,16H,2,5,10-11,17H2/t16-/m1/s1. The van der Waals surface area contributed by atoms with Crippen LogP contribution in [0.25, 0.3) is 11.1 Å². The molecule has 19 heavy (non-hydrogen) atoms. The number of ether oxygens (including phenoxy) is 1. The Morgan fingerprint density at radius 3 is 2.84 bits per heavy atom. The van der Waals surface area contributed by atoms with Gasteiger partial charge in [-0.25, -0.2) is 0 Å². The molecule has 1 aromatic carbocycles. The van der Waals surface area contributed by atoms with Crippen molar-refractivity contribution in [3.63, 3.8) is 0 Å². The lowest BCUT2D eigenvalue weighted by Gasteiger charge is -2.18. The average molecular weight is 254 g/mol. The number of fused-ring (bicyclic) bond motifs is 1. The molecule has 1 aliphatic rings. The van der Waals surface area contributed by atoms with E-state index in [4.69, 9.17) is 10.5 Å². The molecule has 2 N–H and O–H groups in total. The lowest BCUT2D eigenvalue weighted by Crippen LogP contribution is -2.16. The van der Waals surface area contributed by atoms with Crippen molar-refractivity contribution in [3.8, 4) is 11.1 Å². The van der Waals surface area contributed by atoms with E-state index in [-0.39, 0.29) is 6.10 Å². The lowest BCUT2D eigenvalue weighted by atomic mass is 9.91. The number of nitrogens with zero attached hydrogens (tertiary/aromatic N) is 1. The molecule has 0 unspecified atom stereocenters. The van der Waals surface area contributed by atoms with Gasteiger partial charge in [-0.3, -0.25) is 4.98 Å². The molecule has 0 aliphatic carbocycles. The molecule has 0 radical (unpaired) electrons. The van der Waals surface area contributed by atoms with Crippen molar-refractivity contribution >= 4 is 0 Å². The lowest BCUT2D eigenvalue weighted by molar-refractivity contribution is 0.0627. The van der Waals surface area contributed by atoms with Gasteiger partial charge in [0.15, 0.2) is 0 Å². The molecule has 0 spiro atoms. The van der Waals surface area contributed by atoms with Crippen LogP contribution >= 0.6 is 0 Å². The maximum absolute atomic E-state index is 5.84. The fraction of sp³-hybridized carbons (Fsp3) is 0.312. The number of hydrogen-bond acceptors (Lipinski definition) is 3. The SMILES string of the molecule is NC[C@H]1OCCCc2c(-c3ccncc3)cccc21. The van der Waals surface area contributed by atoms with Gasteiger partial charge in [-0.2, -0.15) is 0 Å². The summed E-state index contributed by atoms with van der Waals surface area (Å²) in [5.41, 5.74) is 11.0. The van der Waals surface area contributed by atoms with E-state index in [1.807, 2.05) is 12.4 Å². The highest BCUT2D eigenvalue weighted by atomic mass is 16.5. The summed E-state index contributed by atoms with van der Waals surface area (Å²) >= 11 is 0. The molecular weight excluding hydrogens is 236 g/mol. The summed E-state index contributed by atoms with van der Waals surface area (Å²) in [5, 5.41) is 0. The summed E-state index contributed by atoms with van der Waals surface area (Å²) in [4.78, 5) is 4.09. The third-order valence-corrected chi connectivity index (χ3v) is 3.65. The van der Waals surface area contributed by atoms with Crippen molar-refractivity contribution in [2.24, 2.45) is 5.73 Å². The maximum Gasteiger partial charge on any atom is 0.0949 e. The summed E-state index contributed by atoms with van der Waals surface area (Å²) in [6.07, 6.45) is 5.79. The number of nitrogens with two attached hydrogens (primary N) is 1. The summed E-state index contributed by atoms with van der Waals surface area (Å²) in [7, 11) is 0. The van der Waals surface area contributed by atoms with Crippen LogP contribution in [0.2, 0.25) is 0 Å². The van der Waals surface area contributed by atoms with Crippen LogP contribution in [-0.4, -0.2) is 18.1 Å². The predicted octanol–water partition coefficient (Wildman–Crippen LogP) is 2.71. The molecule has 0 saturated carbocycles. The molecule has 0 saturated heterocycles. The summed E-state index contributed by atoms with van der Waals surface area (Å²) in [6, 6.07) is 10.5. The Kier molecular flexibility index (Phi) is 3.58. The second-order valence-corrected chi connectivity index (χ2v) is 4.81. The number of pyridine rings is 1. The molecule has 0 fully saturated rings. The van der Waals surface area contributed by atoms with Crippen LogP contribution in [0.4, 0.5) is 0 Å². The van der Waals surface area contributed by atoms with Crippen molar-refractivity contribution in [2.45, 2.75) is 18.9 Å². The number of rotatable bonds is 2. The van der Waals surface area contributed by atoms with Gasteiger partial charge in [0.25, 0.3) is 0 Å². The van der Waals surface area contributed by atoms with E-state index in [1.54, 1.807) is 0 Å². The molecule has 1 aromatic heterocycles. The van der Waals surface area contributed by atoms with E-state index >= 15 is 0 Å². The molecule has 3 rings (SSSR count). The molecule has 3 nitrogen and oxygen atoms in total. The van der Waals surface area contributed by atoms with Crippen LogP contribution in [0.15, 0.2) is 42.7 Å². The van der Waals surface area contributed by atoms with Crippen molar-refractivity contribution < 1.29 is 4.74 Å². The maximum atomic E-state index is 5.84. The summed E-state index contributed by atoms with van der Waals surface area (Å²) in [5.74, 6) is 0. The van der Waals surface area contributed by atoms with Gasteiger partial charge in [0, 0.05) is 25.5 Å². The first-order valence-corrected chi connectivity index (χ1v) is 6.74. The van der Waals surface area contributed by atoms with Crippen molar-refractivity contribution in [2.75, 3.05) is 13.2 Å². The van der Waals surface area contributed by atoms with Gasteiger partial charge in [0.1, 0.15) is 0 Å². The summed E-state index contributed by atoms with van der Waals surface area (Å²) in [6.45, 7) is 1.32. The molecule has 2 heterocycles. The van der Waals surface area contributed by atoms with Gasteiger partial charge >= 0.3 is 0 Å². The smallest absolute Gasteiger partial charge is 0.0949 e. The van der Waals surface area contributed by atoms with Gasteiger partial charge in [0.2, 0.25) is 0 Å². The van der Waals surface area contributed by atoms with Crippen molar-refractivity contribution in [3.05, 3.63) is 53.9 Å². The van der Waals surface area contributed by atoms with Crippen molar-refractivity contribution in [1.29, 1.82) is 0 Å². The Labute approximate surface area is 113 Å². The third kappa shape index (κ3) is 2.39. The molecular formula is C16H18N2O. The highest BCUT2D eigenvalue weighted by Gasteiger charge is 2.20. The normalized spacial score (nSPS) is 18.7. The molecule has 2 aromatic rings. The number of aromatic nitrogens is 1. The van der Waals surface area contributed by atoms with Gasteiger partial charge in [-0.05, 0) is 47.2 Å². The number of benzene rings is 1. The molecule has 3 heteroatoms. The van der Waals surface area contributed by atoms with Crippen LogP contribution < -0.4 is 5.73 Å². The van der Waals surface area contributed by atoms with Crippen molar-refractivity contribution in [1.82, 2.24) is 4.98 Å². The van der Waals surface area contributed by atoms with Crippen LogP contribution in [0.1, 0.15) is 23.7 Å². The minimum atomic E-state index is 0.0271. The van der Waals surface area contributed by atoms with Crippen LogP contribution in [-0.2, 0) is 11.2 Å². The Hall–Kier alpha value is -1.71. The van der Waals surface area contributed by atoms with E-state index < -0.39 is 0 Å². The monoisotopic (exact) mass is 254 g/mol. The first-order chi connectivity index (χ1) is 9.40. The quantitative estimate of drug-likeness (QED) is 0.896. The zero-order chi connectivity index (χ0) is 13.1. The highest BCUT2D eigenvalue weighted by Crippen LogP contribution is 2.33. The Morgan fingerprint density at radius 2 is 2.05 bits per heavy atom. The van der Waals surface area contributed by atoms with E-state index in [0.717, 1.165) is 19.4 Å². The Balaban J connectivity index is 2.12. The van der Waals surface area contributed by atoms with E-state index in [1.165, 1.54) is 22.3 Å². The first kappa shape index (κ1) is 12.3. The average Bonchev–Trinajstić information content (AvgIpc) is 2.69. The van der Waals surface area contributed by atoms with Crippen LogP contribution in [0.3, 0.4) is 0 Å². The van der Waals surface area contributed by atoms with E-state index in [9.17, 15) is 0 Å². The van der Waals surface area contributed by atoms with E-state index in [2.05, 4.69) is 35.3 Å². The molecule has 98 valence electrons. The number of hydrogen-bond donors (Lipinski definition) is 1. The van der Waals surface area contributed by atoms with Gasteiger partial charge < -0.3 is 10.5 Å². The minimum absolute atomic E-state index is 0.0271. The fourth-order valence-corrected chi connectivity index (χ4v) is 2.75. The fourth-order valence-electron chi connectivity index (χ4n) is 2.75. The molecule has 0 bridgehead atoms. The minimum Gasteiger partial charge on any atom is -0.372 e. The molecule has 0 amide bonds. The second-order valence-electron chi connectivity index (χ2n) is 4.81. The van der Waals surface area contributed by atoms with Gasteiger partial charge in [-0.1, -0.05) is 18.2 Å². The zero-order valence-electron chi connectivity index (χ0n) is 10.9. The molecule has 1 aliphatic heterocycles. The first-order valence-electron chi connectivity index (χ1n) is 6.74. The van der Waals surface area contributed by atoms with E-state index in [0.29, 0.717) is 6.54 Å². The van der Waals surface area contributed by atoms with Gasteiger partial charge in [-0.15, -0.1) is 0 Å². The zero-order valence-corrected chi connectivity index (χ0v) is 10.9. The Bertz CT molecular complexity index is 554. The topological polar surface area (TPSA) is 48.1 Å². The predicted molar refractivity (Wildman–Crippen MR) is 75.7 cm³/mol. The van der Waals surface area contributed by atoms with Crippen LogP contribution in [0, 0.1) is 0 Å². The third-order valence-electron chi connectivity index (χ3n) is 3.65. The van der Waals surface area contributed by atoms with Gasteiger partial charge in [0.05, 0.1) is 6.10 Å².